The monoisotopic (exact) mass is 550 g/mol. The number of aliphatic hydroxyl groups is 1. The van der Waals surface area contributed by atoms with Gasteiger partial charge in [-0.15, -0.1) is 0 Å². The van der Waals surface area contributed by atoms with Gasteiger partial charge in [0.05, 0.1) is 11.7 Å². The molecule has 218 valence electrons. The van der Waals surface area contributed by atoms with Crippen molar-refractivity contribution in [1.82, 2.24) is 4.90 Å². The molecule has 1 N–H and O–H groups in total. The van der Waals surface area contributed by atoms with Crippen molar-refractivity contribution in [2.45, 2.75) is 96.3 Å². The van der Waals surface area contributed by atoms with Gasteiger partial charge in [-0.05, 0) is 49.8 Å². The Labute approximate surface area is 231 Å². The molecule has 1 aromatic carbocycles. The Kier molecular flexibility index (Phi) is 12.3. The van der Waals surface area contributed by atoms with E-state index in [1.165, 1.54) is 12.1 Å². The summed E-state index contributed by atoms with van der Waals surface area (Å²) in [6.45, 7) is 4.22. The largest absolute Gasteiger partial charge is 0.416 e. The third kappa shape index (κ3) is 9.96. The average molecular weight is 551 g/mol. The maximum Gasteiger partial charge on any atom is 0.416 e. The van der Waals surface area contributed by atoms with Crippen molar-refractivity contribution in [2.75, 3.05) is 31.1 Å². The van der Waals surface area contributed by atoms with Crippen LogP contribution in [0.25, 0.3) is 0 Å². The van der Waals surface area contributed by atoms with Crippen LogP contribution >= 0.6 is 0 Å². The predicted octanol–water partition coefficient (Wildman–Crippen LogP) is 6.79. The fourth-order valence-corrected chi connectivity index (χ4v) is 5.76. The highest BCUT2D eigenvalue weighted by Gasteiger charge is 2.33. The number of piperazine rings is 1. The van der Waals surface area contributed by atoms with Crippen LogP contribution in [0.2, 0.25) is 0 Å². The summed E-state index contributed by atoms with van der Waals surface area (Å²) < 4.78 is 39.0. The number of amides is 1. The summed E-state index contributed by atoms with van der Waals surface area (Å²) in [6, 6.07) is 5.36. The summed E-state index contributed by atoms with van der Waals surface area (Å²) >= 11 is 0. The number of carbonyl (C=O) groups is 2. The first-order valence-corrected chi connectivity index (χ1v) is 14.8. The van der Waals surface area contributed by atoms with E-state index in [0.29, 0.717) is 50.5 Å². The molecule has 8 heteroatoms. The molecule has 0 aromatic heterocycles. The number of halogens is 3. The lowest BCUT2D eigenvalue weighted by molar-refractivity contribution is -0.137. The molecule has 3 atom stereocenters. The van der Waals surface area contributed by atoms with E-state index in [1.807, 2.05) is 15.9 Å². The standard InChI is InChI=1S/C31H45F3N2O3/c1-2-3-6-12-27(37)17-15-24-16-18-29(38)28(24)13-7-4-5-8-14-30(39)36-21-19-35(20-22-36)26-11-9-10-25(23-26)31(32,33)34/h9-11,15,17,23-24,27-28,37H,2-8,12-14,16,18-22H2,1H3/t24-,27+,28+/m0/s1. The van der Waals surface area contributed by atoms with Crippen LogP contribution in [-0.2, 0) is 15.8 Å². The van der Waals surface area contributed by atoms with Gasteiger partial charge < -0.3 is 14.9 Å². The minimum Gasteiger partial charge on any atom is -0.389 e. The van der Waals surface area contributed by atoms with E-state index in [1.54, 1.807) is 6.07 Å². The van der Waals surface area contributed by atoms with Crippen LogP contribution in [0.4, 0.5) is 18.9 Å². The number of hydrogen-bond donors (Lipinski definition) is 1. The molecule has 1 aliphatic carbocycles. The maximum atomic E-state index is 13.0. The van der Waals surface area contributed by atoms with E-state index in [9.17, 15) is 27.9 Å². The highest BCUT2D eigenvalue weighted by molar-refractivity contribution is 5.83. The van der Waals surface area contributed by atoms with E-state index in [0.717, 1.165) is 70.3 Å². The van der Waals surface area contributed by atoms with E-state index in [2.05, 4.69) is 13.0 Å². The third-order valence-electron chi connectivity index (χ3n) is 8.17. The van der Waals surface area contributed by atoms with Crippen LogP contribution in [0.3, 0.4) is 0 Å². The number of benzene rings is 1. The van der Waals surface area contributed by atoms with Gasteiger partial charge >= 0.3 is 6.18 Å². The molecular formula is C31H45F3N2O3. The van der Waals surface area contributed by atoms with Gasteiger partial charge in [0.2, 0.25) is 5.91 Å². The zero-order chi connectivity index (χ0) is 28.3. The van der Waals surface area contributed by atoms with Gasteiger partial charge in [-0.1, -0.05) is 63.7 Å². The fourth-order valence-electron chi connectivity index (χ4n) is 5.76. The quantitative estimate of drug-likeness (QED) is 0.205. The number of nitrogens with zero attached hydrogens (tertiary/aromatic N) is 2. The number of carbonyl (C=O) groups excluding carboxylic acids is 2. The molecule has 1 aromatic rings. The second kappa shape index (κ2) is 15.4. The van der Waals surface area contributed by atoms with Crippen molar-refractivity contribution >= 4 is 17.4 Å². The third-order valence-corrected chi connectivity index (χ3v) is 8.17. The average Bonchev–Trinajstić information content (AvgIpc) is 3.28. The molecule has 1 saturated carbocycles. The highest BCUT2D eigenvalue weighted by atomic mass is 19.4. The Balaban J connectivity index is 1.31. The molecule has 0 radical (unpaired) electrons. The summed E-state index contributed by atoms with van der Waals surface area (Å²) in [5.74, 6) is 0.727. The minimum absolute atomic E-state index is 0.0545. The van der Waals surface area contributed by atoms with Gasteiger partial charge in [0.1, 0.15) is 5.78 Å². The number of Topliss-reactive ketones (excluding diaryl/α,β-unsaturated/α-hetero) is 1. The Morgan fingerprint density at radius 3 is 2.54 bits per heavy atom. The van der Waals surface area contributed by atoms with Crippen LogP contribution in [-0.4, -0.2) is 54.0 Å². The molecule has 39 heavy (non-hydrogen) atoms. The van der Waals surface area contributed by atoms with Crippen LogP contribution < -0.4 is 4.90 Å². The van der Waals surface area contributed by atoms with Gasteiger partial charge in [0, 0.05) is 50.6 Å². The summed E-state index contributed by atoms with van der Waals surface area (Å²) in [4.78, 5) is 28.8. The first-order valence-electron chi connectivity index (χ1n) is 14.8. The molecule has 1 heterocycles. The molecule has 1 aliphatic heterocycles. The molecule has 2 aliphatic rings. The Morgan fingerprint density at radius 2 is 1.82 bits per heavy atom. The highest BCUT2D eigenvalue weighted by Crippen LogP contribution is 2.34. The number of aliphatic hydroxyl groups excluding tert-OH is 1. The molecule has 5 nitrogen and oxygen atoms in total. The van der Waals surface area contributed by atoms with E-state index in [-0.39, 0.29) is 17.7 Å². The number of unbranched alkanes of at least 4 members (excludes halogenated alkanes) is 5. The molecule has 2 fully saturated rings. The number of alkyl halides is 3. The normalized spacial score (nSPS) is 21.2. The topological polar surface area (TPSA) is 60.9 Å². The Morgan fingerprint density at radius 1 is 1.08 bits per heavy atom. The lowest BCUT2D eigenvalue weighted by atomic mass is 9.89. The van der Waals surface area contributed by atoms with Gasteiger partial charge in [-0.2, -0.15) is 13.2 Å². The fraction of sp³-hybridized carbons (Fsp3) is 0.677. The van der Waals surface area contributed by atoms with Crippen molar-refractivity contribution < 1.29 is 27.9 Å². The second-order valence-electron chi connectivity index (χ2n) is 11.1. The van der Waals surface area contributed by atoms with Crippen molar-refractivity contribution in [2.24, 2.45) is 11.8 Å². The van der Waals surface area contributed by atoms with Crippen molar-refractivity contribution in [3.8, 4) is 0 Å². The van der Waals surface area contributed by atoms with E-state index in [4.69, 9.17) is 0 Å². The predicted molar refractivity (Wildman–Crippen MR) is 148 cm³/mol. The van der Waals surface area contributed by atoms with Crippen LogP contribution in [0.1, 0.15) is 89.5 Å². The number of allylic oxidation sites excluding steroid dienone is 1. The Bertz CT molecular complexity index is 941. The zero-order valence-electron chi connectivity index (χ0n) is 23.3. The molecule has 0 bridgehead atoms. The van der Waals surface area contributed by atoms with Crippen molar-refractivity contribution in [3.05, 3.63) is 42.0 Å². The van der Waals surface area contributed by atoms with Crippen molar-refractivity contribution in [3.63, 3.8) is 0 Å². The smallest absolute Gasteiger partial charge is 0.389 e. The first kappa shape index (κ1) is 31.2. The number of hydrogen-bond acceptors (Lipinski definition) is 4. The lowest BCUT2D eigenvalue weighted by Gasteiger charge is -2.36. The molecule has 3 rings (SSSR count). The van der Waals surface area contributed by atoms with Crippen LogP contribution in [0, 0.1) is 11.8 Å². The molecule has 0 unspecified atom stereocenters. The van der Waals surface area contributed by atoms with Crippen molar-refractivity contribution in [1.29, 1.82) is 0 Å². The second-order valence-corrected chi connectivity index (χ2v) is 11.1. The van der Waals surface area contributed by atoms with E-state index < -0.39 is 17.8 Å². The summed E-state index contributed by atoms with van der Waals surface area (Å²) in [7, 11) is 0. The lowest BCUT2D eigenvalue weighted by Crippen LogP contribution is -2.48. The SMILES string of the molecule is CCCCC[C@@H](O)C=C[C@H]1CCC(=O)[C@@H]1CCCCCCC(=O)N1CCN(c2cccc(C(F)(F)F)c2)CC1. The van der Waals surface area contributed by atoms with Gasteiger partial charge in [-0.25, -0.2) is 0 Å². The first-order chi connectivity index (χ1) is 18.7. The summed E-state index contributed by atoms with van der Waals surface area (Å²) in [5.41, 5.74) is -0.113. The molecule has 1 saturated heterocycles. The summed E-state index contributed by atoms with van der Waals surface area (Å²) in [6.07, 6.45) is 9.75. The number of rotatable bonds is 14. The van der Waals surface area contributed by atoms with Gasteiger partial charge in [0.25, 0.3) is 0 Å². The Hall–Kier alpha value is -2.35. The number of anilines is 1. The minimum atomic E-state index is -4.36. The maximum absolute atomic E-state index is 13.0. The van der Waals surface area contributed by atoms with E-state index >= 15 is 0 Å². The van der Waals surface area contributed by atoms with Crippen LogP contribution in [0.15, 0.2) is 36.4 Å². The van der Waals surface area contributed by atoms with Crippen LogP contribution in [0.5, 0.6) is 0 Å². The number of ketones is 1. The van der Waals surface area contributed by atoms with Gasteiger partial charge in [0.15, 0.2) is 0 Å². The molecular weight excluding hydrogens is 505 g/mol. The van der Waals surface area contributed by atoms with Gasteiger partial charge in [-0.3, -0.25) is 9.59 Å². The molecule has 1 amide bonds. The summed E-state index contributed by atoms with van der Waals surface area (Å²) in [5, 5.41) is 10.2. The molecule has 0 spiro atoms. The zero-order valence-corrected chi connectivity index (χ0v) is 23.3.